The Morgan fingerprint density at radius 3 is 1.93 bits per heavy atom. The van der Waals surface area contributed by atoms with Crippen molar-refractivity contribution >= 4 is 16.1 Å². The summed E-state index contributed by atoms with van der Waals surface area (Å²) in [6.45, 7) is 1.58. The van der Waals surface area contributed by atoms with Gasteiger partial charge in [0.05, 0.1) is 5.75 Å². The van der Waals surface area contributed by atoms with Crippen molar-refractivity contribution in [3.63, 3.8) is 0 Å². The smallest absolute Gasteiger partial charge is 0.332 e. The van der Waals surface area contributed by atoms with Gasteiger partial charge in [-0.15, -0.1) is 0 Å². The van der Waals surface area contributed by atoms with Crippen LogP contribution in [-0.2, 0) is 14.9 Å². The summed E-state index contributed by atoms with van der Waals surface area (Å²) in [6, 6.07) is 0. The molecular formula is C6H15NO6S. The Bertz CT molecular complexity index is 249. The van der Waals surface area contributed by atoms with E-state index in [0.29, 0.717) is 0 Å². The first-order chi connectivity index (χ1) is 6.24. The fourth-order valence-corrected chi connectivity index (χ4v) is 0.621. The van der Waals surface area contributed by atoms with Gasteiger partial charge in [0, 0.05) is 6.54 Å². The molecule has 5 N–H and O–H groups in total. The maximum absolute atomic E-state index is 9.71. The number of carbonyl (C=O) groups is 1. The molecular weight excluding hydrogens is 214 g/mol. The van der Waals surface area contributed by atoms with E-state index in [0.717, 1.165) is 0 Å². The molecule has 86 valence electrons. The normalized spacial score (nSPS) is 12.6. The lowest BCUT2D eigenvalue weighted by atomic mass is 10.3. The summed E-state index contributed by atoms with van der Waals surface area (Å²) in [6.07, 6.45) is -0.907. The van der Waals surface area contributed by atoms with Gasteiger partial charge in [-0.3, -0.25) is 4.55 Å². The lowest BCUT2D eigenvalue weighted by molar-refractivity contribution is -0.146. The number of hydrogen-bond acceptors (Lipinski definition) is 5. The van der Waals surface area contributed by atoms with E-state index in [-0.39, 0.29) is 18.7 Å². The van der Waals surface area contributed by atoms with E-state index < -0.39 is 22.2 Å². The average Bonchev–Trinajstić information content (AvgIpc) is 2.01. The maximum atomic E-state index is 9.71. The van der Waals surface area contributed by atoms with Crippen LogP contribution in [0.25, 0.3) is 0 Å². The second kappa shape index (κ2) is 7.68. The second-order valence-corrected chi connectivity index (χ2v) is 3.91. The van der Waals surface area contributed by atoms with Gasteiger partial charge in [0.2, 0.25) is 0 Å². The number of carboxylic acid groups (broad SMARTS) is 1. The molecule has 0 aromatic carbocycles. The van der Waals surface area contributed by atoms with E-state index in [1.165, 1.54) is 0 Å². The Morgan fingerprint density at radius 1 is 1.50 bits per heavy atom. The summed E-state index contributed by atoms with van der Waals surface area (Å²) in [5.41, 5.74) is 4.78. The Labute approximate surface area is 82.3 Å². The minimum atomic E-state index is -3.80. The van der Waals surface area contributed by atoms with Gasteiger partial charge in [-0.1, -0.05) is 6.92 Å². The number of nitrogens with two attached hydrogens (primary N) is 1. The van der Waals surface area contributed by atoms with Gasteiger partial charge < -0.3 is 15.9 Å². The predicted octanol–water partition coefficient (Wildman–Crippen LogP) is -1.33. The Hall–Kier alpha value is -0.700. The van der Waals surface area contributed by atoms with Crippen LogP contribution in [0.15, 0.2) is 0 Å². The maximum Gasteiger partial charge on any atom is 0.332 e. The largest absolute Gasteiger partial charge is 0.479 e. The molecule has 0 spiro atoms. The van der Waals surface area contributed by atoms with Crippen molar-refractivity contribution < 1.29 is 28.0 Å². The molecule has 0 aliphatic heterocycles. The number of rotatable bonds is 4. The average molecular weight is 229 g/mol. The highest BCUT2D eigenvalue weighted by atomic mass is 32.2. The molecule has 0 heterocycles. The molecule has 0 saturated carbocycles. The summed E-state index contributed by atoms with van der Waals surface area (Å²) < 4.78 is 27.3. The summed E-state index contributed by atoms with van der Waals surface area (Å²) in [7, 11) is -3.80. The van der Waals surface area contributed by atoms with Crippen LogP contribution in [0.4, 0.5) is 0 Å². The molecule has 0 radical (unpaired) electrons. The van der Waals surface area contributed by atoms with Gasteiger partial charge in [0.1, 0.15) is 0 Å². The number of aliphatic hydroxyl groups excluding tert-OH is 1. The van der Waals surface area contributed by atoms with Gasteiger partial charge in [-0.05, 0) is 6.42 Å². The molecule has 0 aromatic rings. The fraction of sp³-hybridized carbons (Fsp3) is 0.833. The van der Waals surface area contributed by atoms with Crippen LogP contribution in [0.1, 0.15) is 13.3 Å². The van der Waals surface area contributed by atoms with Crippen molar-refractivity contribution in [3.05, 3.63) is 0 Å². The van der Waals surface area contributed by atoms with Crippen LogP contribution >= 0.6 is 0 Å². The number of hydrogen-bond donors (Lipinski definition) is 4. The van der Waals surface area contributed by atoms with E-state index in [9.17, 15) is 13.2 Å². The van der Waals surface area contributed by atoms with Crippen molar-refractivity contribution in [1.29, 1.82) is 0 Å². The molecule has 14 heavy (non-hydrogen) atoms. The monoisotopic (exact) mass is 229 g/mol. The third kappa shape index (κ3) is 13.9. The van der Waals surface area contributed by atoms with Crippen molar-refractivity contribution in [3.8, 4) is 0 Å². The van der Waals surface area contributed by atoms with Crippen LogP contribution in [0.3, 0.4) is 0 Å². The van der Waals surface area contributed by atoms with E-state index in [1.807, 2.05) is 0 Å². The standard InChI is InChI=1S/C4H8O3.C2H7NO3S/c1-2-3(5)4(6)7;3-1-2-7(4,5)6/h3,5H,2H2,1H3,(H,6,7);1-3H2,(H,4,5,6). The van der Waals surface area contributed by atoms with Crippen LogP contribution < -0.4 is 5.73 Å². The molecule has 0 saturated heterocycles. The number of carboxylic acids is 1. The molecule has 0 bridgehead atoms. The SMILES string of the molecule is CCC(O)C(=O)O.NCCS(=O)(=O)O. The highest BCUT2D eigenvalue weighted by molar-refractivity contribution is 7.85. The van der Waals surface area contributed by atoms with Crippen molar-refractivity contribution in [1.82, 2.24) is 0 Å². The molecule has 0 aliphatic carbocycles. The zero-order chi connectivity index (χ0) is 11.8. The summed E-state index contributed by atoms with van der Waals surface area (Å²) in [5, 5.41) is 16.3. The lowest BCUT2D eigenvalue weighted by Crippen LogP contribution is -2.17. The summed E-state index contributed by atoms with van der Waals surface area (Å²) in [4.78, 5) is 9.68. The lowest BCUT2D eigenvalue weighted by Gasteiger charge is -1.95. The molecule has 0 rings (SSSR count). The topological polar surface area (TPSA) is 138 Å². The van der Waals surface area contributed by atoms with Gasteiger partial charge in [0.25, 0.3) is 10.1 Å². The van der Waals surface area contributed by atoms with E-state index >= 15 is 0 Å². The minimum absolute atomic E-state index is 0.0289. The zero-order valence-electron chi connectivity index (χ0n) is 7.75. The Morgan fingerprint density at radius 2 is 1.93 bits per heavy atom. The summed E-state index contributed by atoms with van der Waals surface area (Å²) in [5.74, 6) is -1.50. The van der Waals surface area contributed by atoms with Crippen molar-refractivity contribution in [2.24, 2.45) is 5.73 Å². The van der Waals surface area contributed by atoms with E-state index in [2.05, 4.69) is 0 Å². The van der Waals surface area contributed by atoms with Crippen molar-refractivity contribution in [2.75, 3.05) is 12.3 Å². The molecule has 7 nitrogen and oxygen atoms in total. The molecule has 0 aromatic heterocycles. The highest BCUT2D eigenvalue weighted by Gasteiger charge is 2.07. The van der Waals surface area contributed by atoms with Crippen LogP contribution in [-0.4, -0.2) is 47.6 Å². The first-order valence-corrected chi connectivity index (χ1v) is 5.41. The Kier molecular flexibility index (Phi) is 8.65. The first-order valence-electron chi connectivity index (χ1n) is 3.80. The highest BCUT2D eigenvalue weighted by Crippen LogP contribution is 1.86. The van der Waals surface area contributed by atoms with Crippen molar-refractivity contribution in [2.45, 2.75) is 19.4 Å². The van der Waals surface area contributed by atoms with Gasteiger partial charge in [-0.2, -0.15) is 8.42 Å². The minimum Gasteiger partial charge on any atom is -0.479 e. The molecule has 1 unspecified atom stereocenters. The third-order valence-electron chi connectivity index (χ3n) is 1.05. The van der Waals surface area contributed by atoms with Gasteiger partial charge in [-0.25, -0.2) is 4.79 Å². The van der Waals surface area contributed by atoms with Crippen LogP contribution in [0, 0.1) is 0 Å². The van der Waals surface area contributed by atoms with Crippen LogP contribution in [0.2, 0.25) is 0 Å². The zero-order valence-corrected chi connectivity index (χ0v) is 8.57. The van der Waals surface area contributed by atoms with E-state index in [1.54, 1.807) is 6.92 Å². The molecule has 0 amide bonds. The number of aliphatic carboxylic acids is 1. The summed E-state index contributed by atoms with van der Waals surface area (Å²) >= 11 is 0. The molecule has 0 aliphatic rings. The number of aliphatic hydroxyl groups is 1. The molecule has 8 heteroatoms. The second-order valence-electron chi connectivity index (χ2n) is 2.34. The van der Waals surface area contributed by atoms with Crippen LogP contribution in [0.5, 0.6) is 0 Å². The first kappa shape index (κ1) is 15.8. The quantitative estimate of drug-likeness (QED) is 0.438. The third-order valence-corrected chi connectivity index (χ3v) is 1.80. The predicted molar refractivity (Wildman–Crippen MR) is 49.4 cm³/mol. The Balaban J connectivity index is 0. The van der Waals surface area contributed by atoms with E-state index in [4.69, 9.17) is 20.5 Å². The molecule has 0 fully saturated rings. The van der Waals surface area contributed by atoms with Gasteiger partial charge >= 0.3 is 5.97 Å². The molecule has 1 atom stereocenters. The fourth-order valence-electron chi connectivity index (χ4n) is 0.324. The van der Waals surface area contributed by atoms with Gasteiger partial charge in [0.15, 0.2) is 6.10 Å².